The van der Waals surface area contributed by atoms with Crippen LogP contribution >= 0.6 is 11.6 Å². The van der Waals surface area contributed by atoms with Crippen molar-refractivity contribution in [3.05, 3.63) is 23.1 Å². The molecule has 0 radical (unpaired) electrons. The third-order valence-electron chi connectivity index (χ3n) is 3.01. The standard InChI is InChI=1S/C11H15ClN2O4S/c12-10-9(1-6-18-10)11(15)13-2-3-14-4-7-19(16,17)8-5-14/h1,6H,2-5,7-8H2,(H,13,15). The minimum absolute atomic E-state index is 0.0709. The first kappa shape index (κ1) is 14.4. The lowest BCUT2D eigenvalue weighted by Crippen LogP contribution is -2.43. The molecule has 1 aliphatic rings. The average Bonchev–Trinajstić information content (AvgIpc) is 2.77. The molecule has 1 fully saturated rings. The number of nitrogens with one attached hydrogen (secondary N) is 1. The van der Waals surface area contributed by atoms with Gasteiger partial charge in [0.05, 0.1) is 23.3 Å². The molecule has 0 unspecified atom stereocenters. The highest BCUT2D eigenvalue weighted by Gasteiger charge is 2.21. The maximum absolute atomic E-state index is 11.7. The van der Waals surface area contributed by atoms with Gasteiger partial charge in [0, 0.05) is 26.2 Å². The van der Waals surface area contributed by atoms with Crippen LogP contribution in [-0.2, 0) is 9.84 Å². The zero-order valence-electron chi connectivity index (χ0n) is 10.3. The summed E-state index contributed by atoms with van der Waals surface area (Å²) >= 11 is 5.69. The van der Waals surface area contributed by atoms with Crippen molar-refractivity contribution in [2.75, 3.05) is 37.7 Å². The summed E-state index contributed by atoms with van der Waals surface area (Å²) in [5.74, 6) is 0.0895. The Morgan fingerprint density at radius 1 is 1.42 bits per heavy atom. The van der Waals surface area contributed by atoms with Crippen molar-refractivity contribution >= 4 is 27.3 Å². The van der Waals surface area contributed by atoms with E-state index >= 15 is 0 Å². The van der Waals surface area contributed by atoms with E-state index in [1.165, 1.54) is 12.3 Å². The van der Waals surface area contributed by atoms with Crippen LogP contribution in [0.2, 0.25) is 5.22 Å². The van der Waals surface area contributed by atoms with Gasteiger partial charge < -0.3 is 9.73 Å². The summed E-state index contributed by atoms with van der Waals surface area (Å²) in [6, 6.07) is 1.51. The van der Waals surface area contributed by atoms with E-state index in [0.717, 1.165) is 0 Å². The van der Waals surface area contributed by atoms with Crippen molar-refractivity contribution < 1.29 is 17.6 Å². The fourth-order valence-electron chi connectivity index (χ4n) is 1.85. The van der Waals surface area contributed by atoms with Crippen LogP contribution in [0.4, 0.5) is 0 Å². The molecule has 0 saturated carbocycles. The van der Waals surface area contributed by atoms with E-state index < -0.39 is 9.84 Å². The number of carbonyl (C=O) groups is 1. The van der Waals surface area contributed by atoms with Crippen LogP contribution in [0.1, 0.15) is 10.4 Å². The quantitative estimate of drug-likeness (QED) is 0.870. The lowest BCUT2D eigenvalue weighted by atomic mass is 10.3. The minimum Gasteiger partial charge on any atom is -0.452 e. The topological polar surface area (TPSA) is 79.6 Å². The summed E-state index contributed by atoms with van der Waals surface area (Å²) in [7, 11) is -2.86. The second kappa shape index (κ2) is 5.94. The Morgan fingerprint density at radius 2 is 2.11 bits per heavy atom. The summed E-state index contributed by atoms with van der Waals surface area (Å²) in [5.41, 5.74) is 0.308. The Balaban J connectivity index is 1.73. The molecular weight excluding hydrogens is 292 g/mol. The zero-order chi connectivity index (χ0) is 13.9. The number of amides is 1. The smallest absolute Gasteiger partial charge is 0.256 e. The van der Waals surface area contributed by atoms with Crippen LogP contribution in [-0.4, -0.2) is 56.9 Å². The van der Waals surface area contributed by atoms with Crippen LogP contribution in [0.25, 0.3) is 0 Å². The van der Waals surface area contributed by atoms with Gasteiger partial charge in [0.1, 0.15) is 0 Å². The van der Waals surface area contributed by atoms with Crippen molar-refractivity contribution in [3.8, 4) is 0 Å². The SMILES string of the molecule is O=C(NCCN1CCS(=O)(=O)CC1)c1ccoc1Cl. The van der Waals surface area contributed by atoms with Crippen LogP contribution in [0.5, 0.6) is 0 Å². The van der Waals surface area contributed by atoms with Crippen LogP contribution in [0.15, 0.2) is 16.7 Å². The maximum atomic E-state index is 11.7. The van der Waals surface area contributed by atoms with Gasteiger partial charge in [-0.05, 0) is 17.7 Å². The highest BCUT2D eigenvalue weighted by Crippen LogP contribution is 2.15. The normalized spacial score (nSPS) is 19.2. The number of sulfone groups is 1. The molecule has 1 aliphatic heterocycles. The van der Waals surface area contributed by atoms with Crippen molar-refractivity contribution in [2.24, 2.45) is 0 Å². The predicted octanol–water partition coefficient (Wildman–Crippen LogP) is 0.393. The van der Waals surface area contributed by atoms with Crippen LogP contribution < -0.4 is 5.32 Å². The third kappa shape index (κ3) is 3.95. The van der Waals surface area contributed by atoms with E-state index in [-0.39, 0.29) is 22.6 Å². The van der Waals surface area contributed by atoms with Crippen molar-refractivity contribution in [1.82, 2.24) is 10.2 Å². The molecule has 0 bridgehead atoms. The van der Waals surface area contributed by atoms with Gasteiger partial charge in [0.15, 0.2) is 9.84 Å². The van der Waals surface area contributed by atoms with Gasteiger partial charge >= 0.3 is 0 Å². The molecule has 8 heteroatoms. The van der Waals surface area contributed by atoms with Crippen molar-refractivity contribution in [3.63, 3.8) is 0 Å². The molecule has 6 nitrogen and oxygen atoms in total. The Morgan fingerprint density at radius 3 is 2.68 bits per heavy atom. The molecule has 1 aromatic rings. The number of hydrogen-bond acceptors (Lipinski definition) is 5. The highest BCUT2D eigenvalue weighted by molar-refractivity contribution is 7.91. The first-order valence-electron chi connectivity index (χ1n) is 5.92. The Hall–Kier alpha value is -1.05. The first-order valence-corrected chi connectivity index (χ1v) is 8.12. The van der Waals surface area contributed by atoms with E-state index in [9.17, 15) is 13.2 Å². The molecule has 1 aromatic heterocycles. The fourth-order valence-corrected chi connectivity index (χ4v) is 3.33. The molecule has 19 heavy (non-hydrogen) atoms. The monoisotopic (exact) mass is 306 g/mol. The van der Waals surface area contributed by atoms with Crippen LogP contribution in [0.3, 0.4) is 0 Å². The summed E-state index contributed by atoms with van der Waals surface area (Å²) in [6.07, 6.45) is 1.35. The van der Waals surface area contributed by atoms with Gasteiger partial charge in [-0.3, -0.25) is 9.69 Å². The molecule has 0 aromatic carbocycles. The molecule has 2 heterocycles. The summed E-state index contributed by atoms with van der Waals surface area (Å²) < 4.78 is 27.3. The van der Waals surface area contributed by atoms with E-state index in [0.29, 0.717) is 31.7 Å². The summed E-state index contributed by atoms with van der Waals surface area (Å²) in [5, 5.41) is 2.79. The van der Waals surface area contributed by atoms with Gasteiger partial charge in [-0.15, -0.1) is 0 Å². The third-order valence-corrected chi connectivity index (χ3v) is 4.92. The fraction of sp³-hybridized carbons (Fsp3) is 0.545. The second-order valence-corrected chi connectivity index (χ2v) is 7.00. The average molecular weight is 307 g/mol. The first-order chi connectivity index (χ1) is 8.98. The van der Waals surface area contributed by atoms with Gasteiger partial charge in [0.2, 0.25) is 5.22 Å². The van der Waals surface area contributed by atoms with Gasteiger partial charge in [-0.2, -0.15) is 0 Å². The molecular formula is C11H15ClN2O4S. The number of rotatable bonds is 4. The van der Waals surface area contributed by atoms with Crippen molar-refractivity contribution in [1.29, 1.82) is 0 Å². The van der Waals surface area contributed by atoms with E-state index in [1.807, 2.05) is 4.90 Å². The minimum atomic E-state index is -2.86. The van der Waals surface area contributed by atoms with E-state index in [2.05, 4.69) is 5.32 Å². The molecule has 0 spiro atoms. The number of nitrogens with zero attached hydrogens (tertiary/aromatic N) is 1. The Bertz CT molecular complexity index is 541. The predicted molar refractivity (Wildman–Crippen MR) is 71.1 cm³/mol. The Kier molecular flexibility index (Phi) is 4.49. The molecule has 0 atom stereocenters. The van der Waals surface area contributed by atoms with Crippen molar-refractivity contribution in [2.45, 2.75) is 0 Å². The number of carbonyl (C=O) groups excluding carboxylic acids is 1. The lowest BCUT2D eigenvalue weighted by Gasteiger charge is -2.26. The summed E-state index contributed by atoms with van der Waals surface area (Å²) in [4.78, 5) is 13.7. The van der Waals surface area contributed by atoms with Gasteiger partial charge in [0.25, 0.3) is 5.91 Å². The molecule has 0 aliphatic carbocycles. The number of furan rings is 1. The maximum Gasteiger partial charge on any atom is 0.256 e. The second-order valence-electron chi connectivity index (χ2n) is 4.36. The summed E-state index contributed by atoms with van der Waals surface area (Å²) in [6.45, 7) is 2.10. The van der Waals surface area contributed by atoms with Crippen LogP contribution in [0, 0.1) is 0 Å². The zero-order valence-corrected chi connectivity index (χ0v) is 11.8. The molecule has 1 N–H and O–H groups in total. The molecule has 106 valence electrons. The number of halogens is 1. The molecule has 2 rings (SSSR count). The number of hydrogen-bond donors (Lipinski definition) is 1. The highest BCUT2D eigenvalue weighted by atomic mass is 35.5. The van der Waals surface area contributed by atoms with Gasteiger partial charge in [-0.25, -0.2) is 8.42 Å². The van der Waals surface area contributed by atoms with E-state index in [4.69, 9.17) is 16.0 Å². The lowest BCUT2D eigenvalue weighted by molar-refractivity contribution is 0.0948. The molecule has 1 saturated heterocycles. The van der Waals surface area contributed by atoms with E-state index in [1.54, 1.807) is 0 Å². The Labute approximate surface area is 116 Å². The largest absolute Gasteiger partial charge is 0.452 e. The molecule has 1 amide bonds. The van der Waals surface area contributed by atoms with Gasteiger partial charge in [-0.1, -0.05) is 0 Å².